The number of hydrogen-bond donors (Lipinski definition) is 2. The van der Waals surface area contributed by atoms with Crippen LogP contribution in [0.25, 0.3) is 0 Å². The number of hydrogen-bond acceptors (Lipinski definition) is 3. The molecule has 0 spiro atoms. The molecule has 1 aromatic carbocycles. The fourth-order valence-corrected chi connectivity index (χ4v) is 1.83. The number of nitrogens with one attached hydrogen (secondary N) is 1. The van der Waals surface area contributed by atoms with Crippen LogP contribution in [0.15, 0.2) is 36.5 Å². The van der Waals surface area contributed by atoms with Crippen LogP contribution in [0, 0.1) is 5.82 Å². The van der Waals surface area contributed by atoms with E-state index in [1.54, 1.807) is 30.0 Å². The van der Waals surface area contributed by atoms with Gasteiger partial charge >= 0.3 is 0 Å². The Morgan fingerprint density at radius 2 is 2.25 bits per heavy atom. The first-order valence-electron chi connectivity index (χ1n) is 6.12. The van der Waals surface area contributed by atoms with E-state index in [2.05, 4.69) is 5.32 Å². The van der Waals surface area contributed by atoms with Crippen molar-refractivity contribution in [2.75, 3.05) is 24.8 Å². The maximum Gasteiger partial charge on any atom is 0.272 e. The fourth-order valence-electron chi connectivity index (χ4n) is 1.83. The summed E-state index contributed by atoms with van der Waals surface area (Å²) in [6.45, 7) is 1.06. The summed E-state index contributed by atoms with van der Waals surface area (Å²) in [7, 11) is 1.59. The topological polar surface area (TPSA) is 69.3 Å². The van der Waals surface area contributed by atoms with E-state index in [-0.39, 0.29) is 11.6 Å². The molecular formula is C14H16FN3O2. The molecule has 3 N–H and O–H groups in total. The Morgan fingerprint density at radius 3 is 3.00 bits per heavy atom. The number of amides is 1. The minimum absolute atomic E-state index is 0.259. The fraction of sp³-hybridized carbons (Fsp3) is 0.214. The van der Waals surface area contributed by atoms with E-state index in [1.165, 1.54) is 18.2 Å². The molecule has 0 aliphatic carbocycles. The highest BCUT2D eigenvalue weighted by Gasteiger charge is 2.12. The third kappa shape index (κ3) is 3.16. The van der Waals surface area contributed by atoms with E-state index in [1.807, 2.05) is 0 Å². The molecule has 0 saturated carbocycles. The van der Waals surface area contributed by atoms with Crippen LogP contribution in [0.1, 0.15) is 10.5 Å². The Hall–Kier alpha value is -2.34. The molecule has 1 heterocycles. The molecule has 0 atom stereocenters. The first kappa shape index (κ1) is 14.1. The van der Waals surface area contributed by atoms with Crippen LogP contribution in [-0.4, -0.2) is 24.2 Å². The number of benzene rings is 1. The second kappa shape index (κ2) is 6.21. The quantitative estimate of drug-likeness (QED) is 0.822. The summed E-state index contributed by atoms with van der Waals surface area (Å²) in [5.74, 6) is -0.798. The van der Waals surface area contributed by atoms with Gasteiger partial charge in [0.25, 0.3) is 5.91 Å². The molecule has 1 aromatic heterocycles. The lowest BCUT2D eigenvalue weighted by atomic mass is 10.2. The van der Waals surface area contributed by atoms with Crippen LogP contribution in [0.2, 0.25) is 0 Å². The summed E-state index contributed by atoms with van der Waals surface area (Å²) in [4.78, 5) is 12.2. The molecule has 0 radical (unpaired) electrons. The highest BCUT2D eigenvalue weighted by Crippen LogP contribution is 2.20. The average molecular weight is 277 g/mol. The zero-order valence-corrected chi connectivity index (χ0v) is 11.1. The summed E-state index contributed by atoms with van der Waals surface area (Å²) in [5.41, 5.74) is 6.74. The molecule has 2 rings (SSSR count). The Labute approximate surface area is 116 Å². The maximum absolute atomic E-state index is 13.2. The molecule has 1 amide bonds. The second-order valence-electron chi connectivity index (χ2n) is 4.27. The Bertz CT molecular complexity index is 610. The molecule has 0 aliphatic rings. The smallest absolute Gasteiger partial charge is 0.272 e. The lowest BCUT2D eigenvalue weighted by Gasteiger charge is -2.11. The van der Waals surface area contributed by atoms with Gasteiger partial charge in [-0.1, -0.05) is 0 Å². The molecule has 106 valence electrons. The highest BCUT2D eigenvalue weighted by atomic mass is 19.1. The molecule has 6 heteroatoms. The number of rotatable bonds is 5. The van der Waals surface area contributed by atoms with E-state index >= 15 is 0 Å². The number of nitrogen functional groups attached to an aromatic ring is 1. The van der Waals surface area contributed by atoms with Crippen LogP contribution in [-0.2, 0) is 11.3 Å². The van der Waals surface area contributed by atoms with Crippen molar-refractivity contribution in [1.82, 2.24) is 4.57 Å². The lowest BCUT2D eigenvalue weighted by Crippen LogP contribution is -2.18. The normalized spacial score (nSPS) is 10.5. The lowest BCUT2D eigenvalue weighted by molar-refractivity contribution is 0.101. The van der Waals surface area contributed by atoms with Gasteiger partial charge < -0.3 is 20.4 Å². The number of carbonyl (C=O) groups excluding carboxylic acids is 1. The summed E-state index contributed by atoms with van der Waals surface area (Å²) in [6.07, 6.45) is 1.78. The van der Waals surface area contributed by atoms with E-state index in [0.29, 0.717) is 24.5 Å². The van der Waals surface area contributed by atoms with Crippen molar-refractivity contribution < 1.29 is 13.9 Å². The van der Waals surface area contributed by atoms with Crippen LogP contribution in [0.3, 0.4) is 0 Å². The van der Waals surface area contributed by atoms with Crippen LogP contribution < -0.4 is 11.1 Å². The monoisotopic (exact) mass is 277 g/mol. The molecule has 0 bridgehead atoms. The predicted molar refractivity (Wildman–Crippen MR) is 75.1 cm³/mol. The van der Waals surface area contributed by atoms with Gasteiger partial charge in [0, 0.05) is 19.9 Å². The standard InChI is InChI=1S/C14H16FN3O2/c1-20-8-7-18-6-2-3-13(18)14(19)17-12-9-10(15)4-5-11(12)16/h2-6,9H,7-8,16H2,1H3,(H,17,19). The minimum Gasteiger partial charge on any atom is -0.397 e. The summed E-state index contributed by atoms with van der Waals surface area (Å²) in [6, 6.07) is 7.29. The van der Waals surface area contributed by atoms with Gasteiger partial charge in [0.15, 0.2) is 0 Å². The number of nitrogens with two attached hydrogens (primary N) is 1. The number of methoxy groups -OCH3 is 1. The number of halogens is 1. The largest absolute Gasteiger partial charge is 0.397 e. The van der Waals surface area contributed by atoms with E-state index in [9.17, 15) is 9.18 Å². The number of ether oxygens (including phenoxy) is 1. The highest BCUT2D eigenvalue weighted by molar-refractivity contribution is 6.04. The van der Waals surface area contributed by atoms with Crippen molar-refractivity contribution in [3.8, 4) is 0 Å². The zero-order valence-electron chi connectivity index (χ0n) is 11.1. The van der Waals surface area contributed by atoms with Crippen molar-refractivity contribution in [1.29, 1.82) is 0 Å². The molecule has 0 aliphatic heterocycles. The Morgan fingerprint density at radius 1 is 1.45 bits per heavy atom. The van der Waals surface area contributed by atoms with Crippen LogP contribution >= 0.6 is 0 Å². The summed E-state index contributed by atoms with van der Waals surface area (Å²) >= 11 is 0. The second-order valence-corrected chi connectivity index (χ2v) is 4.27. The van der Waals surface area contributed by atoms with Crippen molar-refractivity contribution in [2.45, 2.75) is 6.54 Å². The van der Waals surface area contributed by atoms with Crippen LogP contribution in [0.5, 0.6) is 0 Å². The molecule has 20 heavy (non-hydrogen) atoms. The number of nitrogens with zero attached hydrogens (tertiary/aromatic N) is 1. The SMILES string of the molecule is COCCn1cccc1C(=O)Nc1cc(F)ccc1N. The summed E-state index contributed by atoms with van der Waals surface area (Å²) < 4.78 is 19.9. The third-order valence-electron chi connectivity index (χ3n) is 2.86. The van der Waals surface area contributed by atoms with Gasteiger partial charge in [-0.25, -0.2) is 4.39 Å². The van der Waals surface area contributed by atoms with Gasteiger partial charge in [-0.3, -0.25) is 4.79 Å². The first-order valence-corrected chi connectivity index (χ1v) is 6.12. The Kier molecular flexibility index (Phi) is 4.37. The number of anilines is 2. The Balaban J connectivity index is 2.16. The molecule has 2 aromatic rings. The van der Waals surface area contributed by atoms with Gasteiger partial charge in [-0.2, -0.15) is 0 Å². The molecule has 0 fully saturated rings. The average Bonchev–Trinajstić information content (AvgIpc) is 2.89. The van der Waals surface area contributed by atoms with Gasteiger partial charge in [0.05, 0.1) is 18.0 Å². The van der Waals surface area contributed by atoms with Gasteiger partial charge in [0.2, 0.25) is 0 Å². The van der Waals surface area contributed by atoms with Gasteiger partial charge in [-0.05, 0) is 30.3 Å². The van der Waals surface area contributed by atoms with E-state index < -0.39 is 5.82 Å². The van der Waals surface area contributed by atoms with Crippen molar-refractivity contribution in [2.24, 2.45) is 0 Å². The molecule has 5 nitrogen and oxygen atoms in total. The minimum atomic E-state index is -0.454. The number of carbonyl (C=O) groups is 1. The summed E-state index contributed by atoms with van der Waals surface area (Å²) in [5, 5.41) is 2.60. The van der Waals surface area contributed by atoms with Crippen molar-refractivity contribution >= 4 is 17.3 Å². The number of aromatic nitrogens is 1. The zero-order chi connectivity index (χ0) is 14.5. The maximum atomic E-state index is 13.2. The first-order chi connectivity index (χ1) is 9.61. The van der Waals surface area contributed by atoms with Gasteiger partial charge in [-0.15, -0.1) is 0 Å². The molecular weight excluding hydrogens is 261 g/mol. The van der Waals surface area contributed by atoms with E-state index in [0.717, 1.165) is 0 Å². The molecule has 0 unspecified atom stereocenters. The van der Waals surface area contributed by atoms with Crippen molar-refractivity contribution in [3.63, 3.8) is 0 Å². The predicted octanol–water partition coefficient (Wildman–Crippen LogP) is 2.11. The van der Waals surface area contributed by atoms with E-state index in [4.69, 9.17) is 10.5 Å². The molecule has 0 saturated heterocycles. The third-order valence-corrected chi connectivity index (χ3v) is 2.86. The van der Waals surface area contributed by atoms with Crippen LogP contribution in [0.4, 0.5) is 15.8 Å². The van der Waals surface area contributed by atoms with Gasteiger partial charge in [0.1, 0.15) is 11.5 Å². The van der Waals surface area contributed by atoms with Crippen molar-refractivity contribution in [3.05, 3.63) is 48.0 Å².